The Morgan fingerprint density at radius 1 is 0.962 bits per heavy atom. The zero-order valence-electron chi connectivity index (χ0n) is 14.9. The second-order valence-electron chi connectivity index (χ2n) is 6.74. The molecule has 0 aliphatic carbocycles. The van der Waals surface area contributed by atoms with E-state index >= 15 is 0 Å². The van der Waals surface area contributed by atoms with Gasteiger partial charge in [0.25, 0.3) is 5.91 Å². The van der Waals surface area contributed by atoms with Gasteiger partial charge >= 0.3 is 0 Å². The van der Waals surface area contributed by atoms with Gasteiger partial charge in [0.2, 0.25) is 5.91 Å². The van der Waals surface area contributed by atoms with Crippen LogP contribution in [0.1, 0.15) is 40.9 Å². The highest BCUT2D eigenvalue weighted by atomic mass is 16.3. The zero-order valence-corrected chi connectivity index (χ0v) is 14.9. The lowest BCUT2D eigenvalue weighted by Gasteiger charge is -2.23. The molecule has 6 heteroatoms. The summed E-state index contributed by atoms with van der Waals surface area (Å²) < 4.78 is 4.98. The average Bonchev–Trinajstić information content (AvgIpc) is 3.21. The third-order valence-corrected chi connectivity index (χ3v) is 4.68. The van der Waals surface area contributed by atoms with Crippen LogP contribution >= 0.6 is 0 Å². The summed E-state index contributed by atoms with van der Waals surface area (Å²) in [7, 11) is 0. The summed E-state index contributed by atoms with van der Waals surface area (Å²) in [6, 6.07) is 11.6. The van der Waals surface area contributed by atoms with Gasteiger partial charge in [-0.2, -0.15) is 0 Å². The smallest absolute Gasteiger partial charge is 0.287 e. The SMILES string of the molecule is O=C(CNC(=O)c1ccco1)NCc1ccc(C[NH+]2CCCCC2)cc1. The van der Waals surface area contributed by atoms with Crippen LogP contribution < -0.4 is 15.5 Å². The van der Waals surface area contributed by atoms with Crippen molar-refractivity contribution < 1.29 is 18.9 Å². The Labute approximate surface area is 153 Å². The minimum Gasteiger partial charge on any atom is -0.459 e. The number of quaternary nitrogens is 1. The highest BCUT2D eigenvalue weighted by Gasteiger charge is 2.14. The Kier molecular flexibility index (Phi) is 6.44. The first-order valence-corrected chi connectivity index (χ1v) is 9.20. The second kappa shape index (κ2) is 9.20. The molecule has 2 amide bonds. The van der Waals surface area contributed by atoms with Gasteiger partial charge in [0.15, 0.2) is 5.76 Å². The fourth-order valence-corrected chi connectivity index (χ4v) is 3.21. The standard InChI is InChI=1S/C20H25N3O3/c24-19(14-22-20(25)18-5-4-12-26-18)21-13-16-6-8-17(9-7-16)15-23-10-2-1-3-11-23/h4-9,12H,1-3,10-11,13-15H2,(H,21,24)(H,22,25)/p+1. The summed E-state index contributed by atoms with van der Waals surface area (Å²) in [5, 5.41) is 5.34. The van der Waals surface area contributed by atoms with Gasteiger partial charge in [0, 0.05) is 12.1 Å². The molecule has 0 bridgehead atoms. The van der Waals surface area contributed by atoms with Gasteiger partial charge < -0.3 is 20.0 Å². The molecule has 0 atom stereocenters. The van der Waals surface area contributed by atoms with Crippen LogP contribution in [0.3, 0.4) is 0 Å². The largest absolute Gasteiger partial charge is 0.459 e. The average molecular weight is 356 g/mol. The molecule has 1 aromatic heterocycles. The minimum absolute atomic E-state index is 0.0735. The molecular formula is C20H26N3O3+. The molecule has 0 unspecified atom stereocenters. The molecule has 0 radical (unpaired) electrons. The van der Waals surface area contributed by atoms with E-state index in [-0.39, 0.29) is 18.2 Å². The summed E-state index contributed by atoms with van der Waals surface area (Å²) in [4.78, 5) is 25.2. The van der Waals surface area contributed by atoms with E-state index < -0.39 is 5.91 Å². The highest BCUT2D eigenvalue weighted by molar-refractivity contribution is 5.94. The first-order valence-electron chi connectivity index (χ1n) is 9.20. The van der Waals surface area contributed by atoms with Gasteiger partial charge in [0.1, 0.15) is 6.54 Å². The molecule has 0 saturated carbocycles. The Hall–Kier alpha value is -2.60. The molecule has 1 aliphatic rings. The van der Waals surface area contributed by atoms with Crippen molar-refractivity contribution >= 4 is 11.8 Å². The predicted molar refractivity (Wildman–Crippen MR) is 97.6 cm³/mol. The van der Waals surface area contributed by atoms with Gasteiger partial charge in [-0.25, -0.2) is 0 Å². The Morgan fingerprint density at radius 2 is 1.69 bits per heavy atom. The van der Waals surface area contributed by atoms with Crippen LogP contribution in [0, 0.1) is 0 Å². The van der Waals surface area contributed by atoms with Crippen LogP contribution in [-0.4, -0.2) is 31.4 Å². The summed E-state index contributed by atoms with van der Waals surface area (Å²) in [5.41, 5.74) is 2.38. The second-order valence-corrected chi connectivity index (χ2v) is 6.74. The predicted octanol–water partition coefficient (Wildman–Crippen LogP) is 0.895. The molecule has 138 valence electrons. The summed E-state index contributed by atoms with van der Waals surface area (Å²) in [5.74, 6) is -0.425. The van der Waals surface area contributed by atoms with E-state index in [0.717, 1.165) is 12.1 Å². The lowest BCUT2D eigenvalue weighted by atomic mass is 10.1. The monoisotopic (exact) mass is 356 g/mol. The van der Waals surface area contributed by atoms with Gasteiger partial charge in [0.05, 0.1) is 25.9 Å². The van der Waals surface area contributed by atoms with E-state index in [9.17, 15) is 9.59 Å². The molecule has 0 spiro atoms. The number of amides is 2. The van der Waals surface area contributed by atoms with E-state index in [1.807, 2.05) is 0 Å². The molecule has 26 heavy (non-hydrogen) atoms. The van der Waals surface area contributed by atoms with Gasteiger partial charge in [-0.3, -0.25) is 9.59 Å². The van der Waals surface area contributed by atoms with Crippen molar-refractivity contribution in [3.63, 3.8) is 0 Å². The van der Waals surface area contributed by atoms with Crippen LogP contribution in [0.15, 0.2) is 47.1 Å². The van der Waals surface area contributed by atoms with Crippen molar-refractivity contribution in [2.45, 2.75) is 32.4 Å². The first-order chi connectivity index (χ1) is 12.7. The Bertz CT molecular complexity index is 704. The minimum atomic E-state index is -0.394. The zero-order chi connectivity index (χ0) is 18.2. The number of carbonyl (C=O) groups excluding carboxylic acids is 2. The van der Waals surface area contributed by atoms with Crippen molar-refractivity contribution in [1.82, 2.24) is 10.6 Å². The van der Waals surface area contributed by atoms with E-state index in [2.05, 4.69) is 34.9 Å². The van der Waals surface area contributed by atoms with Crippen LogP contribution in [-0.2, 0) is 17.9 Å². The fraction of sp³-hybridized carbons (Fsp3) is 0.400. The van der Waals surface area contributed by atoms with Crippen molar-refractivity contribution in [3.8, 4) is 0 Å². The molecule has 1 aromatic carbocycles. The molecule has 2 heterocycles. The van der Waals surface area contributed by atoms with E-state index in [1.165, 1.54) is 44.2 Å². The van der Waals surface area contributed by atoms with Gasteiger partial charge in [-0.15, -0.1) is 0 Å². The van der Waals surface area contributed by atoms with Crippen molar-refractivity contribution in [1.29, 1.82) is 0 Å². The van der Waals surface area contributed by atoms with Crippen molar-refractivity contribution in [3.05, 3.63) is 59.5 Å². The lowest BCUT2D eigenvalue weighted by molar-refractivity contribution is -0.918. The highest BCUT2D eigenvalue weighted by Crippen LogP contribution is 2.04. The molecular weight excluding hydrogens is 330 g/mol. The molecule has 1 aliphatic heterocycles. The molecule has 6 nitrogen and oxygen atoms in total. The van der Waals surface area contributed by atoms with E-state index in [0.29, 0.717) is 6.54 Å². The quantitative estimate of drug-likeness (QED) is 0.690. The van der Waals surface area contributed by atoms with Crippen molar-refractivity contribution in [2.24, 2.45) is 0 Å². The number of hydrogen-bond donors (Lipinski definition) is 3. The molecule has 1 saturated heterocycles. The topological polar surface area (TPSA) is 75.8 Å². The number of furan rings is 1. The fourth-order valence-electron chi connectivity index (χ4n) is 3.21. The van der Waals surface area contributed by atoms with Crippen LogP contribution in [0.5, 0.6) is 0 Å². The molecule has 3 N–H and O–H groups in total. The number of rotatable bonds is 7. The Morgan fingerprint density at radius 3 is 2.38 bits per heavy atom. The first kappa shape index (κ1) is 18.2. The number of benzene rings is 1. The van der Waals surface area contributed by atoms with Crippen LogP contribution in [0.4, 0.5) is 0 Å². The van der Waals surface area contributed by atoms with Gasteiger partial charge in [-0.05, 0) is 37.0 Å². The van der Waals surface area contributed by atoms with Gasteiger partial charge in [-0.1, -0.05) is 24.3 Å². The molecule has 2 aromatic rings. The number of carbonyl (C=O) groups is 2. The maximum atomic E-state index is 11.9. The summed E-state index contributed by atoms with van der Waals surface area (Å²) in [6.07, 6.45) is 5.45. The van der Waals surface area contributed by atoms with Crippen LogP contribution in [0.25, 0.3) is 0 Å². The lowest BCUT2D eigenvalue weighted by Crippen LogP contribution is -3.11. The van der Waals surface area contributed by atoms with Crippen LogP contribution in [0.2, 0.25) is 0 Å². The number of likely N-dealkylation sites (tertiary alicyclic amines) is 1. The maximum absolute atomic E-state index is 11.9. The molecule has 1 fully saturated rings. The molecule has 3 rings (SSSR count). The summed E-state index contributed by atoms with van der Waals surface area (Å²) >= 11 is 0. The number of hydrogen-bond acceptors (Lipinski definition) is 3. The summed E-state index contributed by atoms with van der Waals surface area (Å²) in [6.45, 7) is 3.98. The third-order valence-electron chi connectivity index (χ3n) is 4.68. The Balaban J connectivity index is 1.38. The normalized spacial score (nSPS) is 14.8. The number of piperidine rings is 1. The number of nitrogens with one attached hydrogen (secondary N) is 3. The maximum Gasteiger partial charge on any atom is 0.287 e. The third kappa shape index (κ3) is 5.46. The van der Waals surface area contributed by atoms with E-state index in [4.69, 9.17) is 4.42 Å². The van der Waals surface area contributed by atoms with Crippen molar-refractivity contribution in [2.75, 3.05) is 19.6 Å². The van der Waals surface area contributed by atoms with E-state index in [1.54, 1.807) is 17.0 Å².